The summed E-state index contributed by atoms with van der Waals surface area (Å²) in [6, 6.07) is 0. The van der Waals surface area contributed by atoms with Gasteiger partial charge < -0.3 is 0 Å². The van der Waals surface area contributed by atoms with E-state index in [0.29, 0.717) is 0 Å². The highest BCUT2D eigenvalue weighted by Crippen LogP contribution is 1.96. The standard InChI is InChI=1S/C8H8NO/c1-7(10)9-8-5-3-2-4-6-8/h2-6H,1H3/q+1. The lowest BCUT2D eigenvalue weighted by atomic mass is 10.2. The molecular formula is C8H8NO+. The molecule has 0 saturated carbocycles. The highest BCUT2D eigenvalue weighted by atomic mass is 16.1. The van der Waals surface area contributed by atoms with E-state index in [1.54, 1.807) is 12.2 Å². The van der Waals surface area contributed by atoms with Crippen LogP contribution in [0.1, 0.15) is 6.92 Å². The molecule has 1 rings (SSSR count). The van der Waals surface area contributed by atoms with Crippen LogP contribution >= 0.6 is 0 Å². The largest absolute Gasteiger partial charge is 0.273 e. The van der Waals surface area contributed by atoms with Gasteiger partial charge in [-0.2, -0.15) is 4.99 Å². The van der Waals surface area contributed by atoms with Gasteiger partial charge in [0, 0.05) is 13.3 Å². The maximum atomic E-state index is 10.4. The third-order valence-electron chi connectivity index (χ3n) is 1.04. The van der Waals surface area contributed by atoms with Gasteiger partial charge in [0.2, 0.25) is 5.91 Å². The number of amides is 1. The molecule has 0 heterocycles. The van der Waals surface area contributed by atoms with Gasteiger partial charge in [-0.05, 0) is 0 Å². The Labute approximate surface area is 60.0 Å². The molecule has 0 radical (unpaired) electrons. The SMILES string of the molecule is CC(=O)N=C1C=C[CH+]C=C1. The molecule has 0 aliphatic heterocycles. The van der Waals surface area contributed by atoms with Crippen LogP contribution in [-0.4, -0.2) is 11.6 Å². The Hall–Kier alpha value is -1.31. The quantitative estimate of drug-likeness (QED) is 0.459. The minimum atomic E-state index is -0.161. The Kier molecular flexibility index (Phi) is 2.05. The summed E-state index contributed by atoms with van der Waals surface area (Å²) in [5.41, 5.74) is 0.718. The van der Waals surface area contributed by atoms with Crippen LogP contribution in [0.4, 0.5) is 0 Å². The van der Waals surface area contributed by atoms with Gasteiger partial charge in [0.05, 0.1) is 24.3 Å². The highest BCUT2D eigenvalue weighted by molar-refractivity contribution is 6.09. The Morgan fingerprint density at radius 1 is 1.50 bits per heavy atom. The first-order chi connectivity index (χ1) is 4.79. The van der Waals surface area contributed by atoms with Crippen molar-refractivity contribution in [2.45, 2.75) is 6.92 Å². The summed E-state index contributed by atoms with van der Waals surface area (Å²) in [5.74, 6) is -0.161. The van der Waals surface area contributed by atoms with Crippen molar-refractivity contribution in [2.24, 2.45) is 4.99 Å². The van der Waals surface area contributed by atoms with Crippen molar-refractivity contribution >= 4 is 11.6 Å². The molecule has 1 aliphatic carbocycles. The number of aliphatic imine (C=N–C) groups is 1. The molecule has 0 unspecified atom stereocenters. The lowest BCUT2D eigenvalue weighted by Crippen LogP contribution is -1.95. The third kappa shape index (κ3) is 1.90. The molecule has 0 fully saturated rings. The van der Waals surface area contributed by atoms with Crippen LogP contribution in [0.2, 0.25) is 0 Å². The summed E-state index contributed by atoms with van der Waals surface area (Å²) >= 11 is 0. The highest BCUT2D eigenvalue weighted by Gasteiger charge is 2.01. The van der Waals surface area contributed by atoms with Gasteiger partial charge in [0.15, 0.2) is 5.71 Å². The number of hydrogen-bond donors (Lipinski definition) is 0. The van der Waals surface area contributed by atoms with E-state index < -0.39 is 0 Å². The Morgan fingerprint density at radius 3 is 2.60 bits per heavy atom. The summed E-state index contributed by atoms with van der Waals surface area (Å²) in [5, 5.41) is 0. The van der Waals surface area contributed by atoms with E-state index in [4.69, 9.17) is 0 Å². The van der Waals surface area contributed by atoms with Crippen molar-refractivity contribution < 1.29 is 4.79 Å². The molecule has 2 nitrogen and oxygen atoms in total. The average Bonchev–Trinajstić information content (AvgIpc) is 1.88. The molecule has 0 atom stereocenters. The fraction of sp³-hybridized carbons (Fsp3) is 0.125. The number of nitrogens with zero attached hydrogens (tertiary/aromatic N) is 1. The molecule has 0 aromatic carbocycles. The molecule has 10 heavy (non-hydrogen) atoms. The van der Waals surface area contributed by atoms with Crippen LogP contribution in [0.25, 0.3) is 0 Å². The van der Waals surface area contributed by atoms with Crippen LogP contribution in [0.15, 0.2) is 29.3 Å². The summed E-state index contributed by atoms with van der Waals surface area (Å²) in [6.07, 6.45) is 9.17. The Balaban J connectivity index is 2.71. The molecule has 0 bridgehead atoms. The number of carbonyl (C=O) groups is 1. The van der Waals surface area contributed by atoms with Crippen LogP contribution < -0.4 is 0 Å². The van der Waals surface area contributed by atoms with Crippen molar-refractivity contribution in [2.75, 3.05) is 0 Å². The molecular weight excluding hydrogens is 126 g/mol. The Bertz CT molecular complexity index is 209. The van der Waals surface area contributed by atoms with Crippen molar-refractivity contribution in [1.82, 2.24) is 0 Å². The summed E-state index contributed by atoms with van der Waals surface area (Å²) in [7, 11) is 0. The fourth-order valence-corrected chi connectivity index (χ4v) is 0.684. The molecule has 0 aromatic heterocycles. The predicted molar refractivity (Wildman–Crippen MR) is 40.7 cm³/mol. The minimum Gasteiger partial charge on any atom is -0.273 e. The second-order valence-corrected chi connectivity index (χ2v) is 1.97. The van der Waals surface area contributed by atoms with E-state index in [2.05, 4.69) is 4.99 Å². The summed E-state index contributed by atoms with van der Waals surface area (Å²) in [6.45, 7) is 1.44. The molecule has 0 spiro atoms. The first-order valence-corrected chi connectivity index (χ1v) is 3.06. The molecule has 1 amide bonds. The molecule has 50 valence electrons. The first-order valence-electron chi connectivity index (χ1n) is 3.06. The van der Waals surface area contributed by atoms with Crippen LogP contribution in [0.3, 0.4) is 0 Å². The van der Waals surface area contributed by atoms with Gasteiger partial charge in [0.25, 0.3) is 0 Å². The van der Waals surface area contributed by atoms with Crippen LogP contribution in [0, 0.1) is 6.42 Å². The van der Waals surface area contributed by atoms with Crippen molar-refractivity contribution in [3.63, 3.8) is 0 Å². The van der Waals surface area contributed by atoms with Gasteiger partial charge in [-0.3, -0.25) is 4.79 Å². The van der Waals surface area contributed by atoms with Crippen LogP contribution in [-0.2, 0) is 4.79 Å². The second-order valence-electron chi connectivity index (χ2n) is 1.97. The number of rotatable bonds is 0. The van der Waals surface area contributed by atoms with Crippen molar-refractivity contribution in [3.05, 3.63) is 30.7 Å². The maximum absolute atomic E-state index is 10.4. The zero-order valence-electron chi connectivity index (χ0n) is 5.74. The number of allylic oxidation sites excluding steroid dienone is 4. The predicted octanol–water partition coefficient (Wildman–Crippen LogP) is 1.30. The van der Waals surface area contributed by atoms with Gasteiger partial charge >= 0.3 is 0 Å². The molecule has 0 aromatic rings. The van der Waals surface area contributed by atoms with E-state index in [-0.39, 0.29) is 5.91 Å². The molecule has 0 saturated heterocycles. The smallest absolute Gasteiger partial charge is 0.245 e. The van der Waals surface area contributed by atoms with E-state index >= 15 is 0 Å². The normalized spacial score (nSPS) is 14.7. The van der Waals surface area contributed by atoms with E-state index in [9.17, 15) is 4.79 Å². The van der Waals surface area contributed by atoms with Crippen molar-refractivity contribution in [3.8, 4) is 0 Å². The lowest BCUT2D eigenvalue weighted by Gasteiger charge is -1.86. The van der Waals surface area contributed by atoms with E-state index in [1.807, 2.05) is 18.6 Å². The van der Waals surface area contributed by atoms with Gasteiger partial charge in [0.1, 0.15) is 0 Å². The second kappa shape index (κ2) is 3.01. The fourth-order valence-electron chi connectivity index (χ4n) is 0.684. The van der Waals surface area contributed by atoms with E-state index in [1.165, 1.54) is 6.92 Å². The van der Waals surface area contributed by atoms with Gasteiger partial charge in [-0.15, -0.1) is 0 Å². The number of hydrogen-bond acceptors (Lipinski definition) is 1. The Morgan fingerprint density at radius 2 is 2.10 bits per heavy atom. The monoisotopic (exact) mass is 134 g/mol. The number of carbonyl (C=O) groups excluding carboxylic acids is 1. The summed E-state index contributed by atoms with van der Waals surface area (Å²) in [4.78, 5) is 14.2. The van der Waals surface area contributed by atoms with Crippen molar-refractivity contribution in [1.29, 1.82) is 0 Å². The third-order valence-corrected chi connectivity index (χ3v) is 1.04. The molecule has 2 heteroatoms. The lowest BCUT2D eigenvalue weighted by molar-refractivity contribution is -0.115. The first kappa shape index (κ1) is 6.81. The molecule has 1 aliphatic rings. The van der Waals surface area contributed by atoms with Gasteiger partial charge in [-0.25, -0.2) is 0 Å². The van der Waals surface area contributed by atoms with E-state index in [0.717, 1.165) is 5.71 Å². The zero-order chi connectivity index (χ0) is 7.40. The topological polar surface area (TPSA) is 29.4 Å². The maximum Gasteiger partial charge on any atom is 0.245 e. The molecule has 0 N–H and O–H groups in total. The summed E-state index contributed by atoms with van der Waals surface area (Å²) < 4.78 is 0. The van der Waals surface area contributed by atoms with Gasteiger partial charge in [-0.1, -0.05) is 0 Å². The minimum absolute atomic E-state index is 0.161. The van der Waals surface area contributed by atoms with Crippen LogP contribution in [0.5, 0.6) is 0 Å². The zero-order valence-corrected chi connectivity index (χ0v) is 5.74. The average molecular weight is 134 g/mol.